The zero-order valence-corrected chi connectivity index (χ0v) is 6.46. The Hall–Kier alpha value is -1.04. The van der Waals surface area contributed by atoms with E-state index in [1.807, 2.05) is 30.3 Å². The first-order valence-electron chi connectivity index (χ1n) is 3.71. The minimum atomic E-state index is -0.145. The van der Waals surface area contributed by atoms with Gasteiger partial charge in [-0.1, -0.05) is 36.4 Å². The molecule has 0 fully saturated rings. The van der Waals surface area contributed by atoms with Crippen LogP contribution in [0.15, 0.2) is 43.0 Å². The van der Waals surface area contributed by atoms with Crippen LogP contribution < -0.4 is 0 Å². The van der Waals surface area contributed by atoms with Crippen LogP contribution in [0, 0.1) is 6.92 Å². The maximum absolute atomic E-state index is 7.64. The summed E-state index contributed by atoms with van der Waals surface area (Å²) in [5, 5.41) is 0. The minimum Gasteiger partial charge on any atom is -0.103 e. The zero-order chi connectivity index (χ0) is 8.10. The second kappa shape index (κ2) is 3.97. The summed E-state index contributed by atoms with van der Waals surface area (Å²) in [5.41, 5.74) is 1.06. The number of hydrogen-bond acceptors (Lipinski definition) is 0. The van der Waals surface area contributed by atoms with Crippen LogP contribution in [-0.4, -0.2) is 0 Å². The van der Waals surface area contributed by atoms with E-state index >= 15 is 0 Å². The summed E-state index contributed by atoms with van der Waals surface area (Å²) in [6.45, 7) is 11.2. The lowest BCUT2D eigenvalue weighted by molar-refractivity contribution is 0.861. The quantitative estimate of drug-likeness (QED) is 0.571. The predicted octanol–water partition coefficient (Wildman–Crippen LogP) is 2.93. The van der Waals surface area contributed by atoms with Crippen molar-refractivity contribution in [3.8, 4) is 0 Å². The van der Waals surface area contributed by atoms with E-state index in [-0.39, 0.29) is 5.92 Å². The van der Waals surface area contributed by atoms with Crippen molar-refractivity contribution < 1.29 is 0 Å². The first-order chi connectivity index (χ1) is 5.34. The van der Waals surface area contributed by atoms with Crippen molar-refractivity contribution in [2.75, 3.05) is 0 Å². The van der Waals surface area contributed by atoms with Crippen molar-refractivity contribution in [2.24, 2.45) is 0 Å². The molecule has 0 saturated carbocycles. The van der Waals surface area contributed by atoms with Crippen LogP contribution in [0.5, 0.6) is 0 Å². The fourth-order valence-electron chi connectivity index (χ4n) is 0.988. The molecule has 0 nitrogen and oxygen atoms in total. The van der Waals surface area contributed by atoms with Gasteiger partial charge in [-0.15, -0.1) is 6.58 Å². The van der Waals surface area contributed by atoms with Gasteiger partial charge in [0.25, 0.3) is 0 Å². The molecule has 11 heavy (non-hydrogen) atoms. The van der Waals surface area contributed by atoms with Crippen molar-refractivity contribution in [3.05, 3.63) is 55.5 Å². The second-order valence-corrected chi connectivity index (χ2v) is 2.49. The number of benzene rings is 1. The lowest BCUT2D eigenvalue weighted by Gasteiger charge is -2.06. The van der Waals surface area contributed by atoms with E-state index in [4.69, 9.17) is 6.92 Å². The van der Waals surface area contributed by atoms with Crippen molar-refractivity contribution in [1.82, 2.24) is 0 Å². The molecule has 1 unspecified atom stereocenters. The van der Waals surface area contributed by atoms with Crippen LogP contribution in [0.25, 0.3) is 0 Å². The maximum Gasteiger partial charge on any atom is -0.000272 e. The normalized spacial score (nSPS) is 12.5. The molecule has 0 N–H and O–H groups in total. The lowest BCUT2D eigenvalue weighted by Crippen LogP contribution is -1.90. The first kappa shape index (κ1) is 8.06. The Labute approximate surface area is 68.6 Å². The third-order valence-electron chi connectivity index (χ3n) is 1.60. The molecule has 55 valence electrons. The Morgan fingerprint density at radius 2 is 2.00 bits per heavy atom. The van der Waals surface area contributed by atoms with E-state index in [0.717, 1.165) is 12.0 Å². The van der Waals surface area contributed by atoms with E-state index in [2.05, 4.69) is 6.58 Å². The summed E-state index contributed by atoms with van der Waals surface area (Å²) in [5.74, 6) is -0.145. The topological polar surface area (TPSA) is 0 Å². The third-order valence-corrected chi connectivity index (χ3v) is 1.60. The van der Waals surface area contributed by atoms with Gasteiger partial charge in [-0.25, -0.2) is 0 Å². The molecule has 0 spiro atoms. The molecule has 0 amide bonds. The van der Waals surface area contributed by atoms with Crippen LogP contribution >= 0.6 is 0 Å². The van der Waals surface area contributed by atoms with Crippen LogP contribution in [0.3, 0.4) is 0 Å². The summed E-state index contributed by atoms with van der Waals surface area (Å²) in [7, 11) is 0. The second-order valence-electron chi connectivity index (χ2n) is 2.49. The maximum atomic E-state index is 7.64. The van der Waals surface area contributed by atoms with E-state index < -0.39 is 0 Å². The Morgan fingerprint density at radius 3 is 2.55 bits per heavy atom. The van der Waals surface area contributed by atoms with Crippen LogP contribution in [0.1, 0.15) is 17.9 Å². The van der Waals surface area contributed by atoms with Gasteiger partial charge in [0.2, 0.25) is 0 Å². The summed E-state index contributed by atoms with van der Waals surface area (Å²) in [4.78, 5) is 0. The van der Waals surface area contributed by atoms with Gasteiger partial charge in [-0.3, -0.25) is 0 Å². The van der Waals surface area contributed by atoms with Crippen molar-refractivity contribution in [3.63, 3.8) is 0 Å². The molecule has 3 radical (unpaired) electrons. The van der Waals surface area contributed by atoms with Gasteiger partial charge in [-0.05, 0) is 24.8 Å². The highest BCUT2D eigenvalue weighted by atomic mass is 14.0. The van der Waals surface area contributed by atoms with Gasteiger partial charge in [0.05, 0.1) is 0 Å². The SMILES string of the molecule is [C]C(CC=C)c1ccccc1. The Morgan fingerprint density at radius 1 is 1.36 bits per heavy atom. The highest BCUT2D eigenvalue weighted by Crippen LogP contribution is 2.17. The summed E-state index contributed by atoms with van der Waals surface area (Å²) in [6.07, 6.45) is 2.51. The van der Waals surface area contributed by atoms with E-state index in [1.54, 1.807) is 6.08 Å². The molecule has 0 heteroatoms. The fourth-order valence-corrected chi connectivity index (χ4v) is 0.988. The van der Waals surface area contributed by atoms with Gasteiger partial charge in [-0.2, -0.15) is 0 Å². The largest absolute Gasteiger partial charge is 0.103 e. The fraction of sp³-hybridized carbons (Fsp3) is 0.182. The molecule has 0 heterocycles. The summed E-state index contributed by atoms with van der Waals surface area (Å²) < 4.78 is 0. The van der Waals surface area contributed by atoms with Crippen LogP contribution in [0.2, 0.25) is 0 Å². The first-order valence-corrected chi connectivity index (χ1v) is 3.71. The average molecular weight is 143 g/mol. The third kappa shape index (κ3) is 2.23. The van der Waals surface area contributed by atoms with Gasteiger partial charge in [0, 0.05) is 0 Å². The van der Waals surface area contributed by atoms with E-state index in [9.17, 15) is 0 Å². The van der Waals surface area contributed by atoms with Crippen molar-refractivity contribution >= 4 is 0 Å². The summed E-state index contributed by atoms with van der Waals surface area (Å²) >= 11 is 0. The van der Waals surface area contributed by atoms with Gasteiger partial charge in [0.15, 0.2) is 0 Å². The van der Waals surface area contributed by atoms with Crippen LogP contribution in [0.4, 0.5) is 0 Å². The zero-order valence-electron chi connectivity index (χ0n) is 6.46. The smallest absolute Gasteiger partial charge is 0.000272 e. The molecule has 0 aliphatic heterocycles. The Kier molecular flexibility index (Phi) is 2.91. The molecule has 0 aliphatic carbocycles. The number of allylic oxidation sites excluding steroid dienone is 1. The molecule has 1 atom stereocenters. The Balaban J connectivity index is 2.68. The molecule has 0 aliphatic rings. The molecule has 0 bridgehead atoms. The van der Waals surface area contributed by atoms with E-state index in [1.165, 1.54) is 0 Å². The van der Waals surface area contributed by atoms with Crippen molar-refractivity contribution in [2.45, 2.75) is 12.3 Å². The minimum absolute atomic E-state index is 0.145. The number of hydrogen-bond donors (Lipinski definition) is 0. The molecule has 1 rings (SSSR count). The average Bonchev–Trinajstić information content (AvgIpc) is 2.07. The molecule has 1 aromatic rings. The molecular weight excluding hydrogens is 132 g/mol. The highest BCUT2D eigenvalue weighted by Gasteiger charge is 2.00. The van der Waals surface area contributed by atoms with Crippen molar-refractivity contribution in [1.29, 1.82) is 0 Å². The highest BCUT2D eigenvalue weighted by molar-refractivity contribution is 5.20. The lowest BCUT2D eigenvalue weighted by atomic mass is 9.98. The monoisotopic (exact) mass is 143 g/mol. The molecule has 1 aromatic carbocycles. The standard InChI is InChI=1S/C11H11/c1-3-7-10(2)11-8-5-4-6-9-11/h3-6,8-10H,1,7H2. The van der Waals surface area contributed by atoms with Gasteiger partial charge in [0.1, 0.15) is 0 Å². The molecular formula is C11H11. The van der Waals surface area contributed by atoms with Crippen LogP contribution in [-0.2, 0) is 0 Å². The number of rotatable bonds is 3. The Bertz CT molecular complexity index is 211. The predicted molar refractivity (Wildman–Crippen MR) is 47.2 cm³/mol. The molecule has 0 saturated heterocycles. The van der Waals surface area contributed by atoms with Gasteiger partial charge < -0.3 is 0 Å². The molecule has 0 aromatic heterocycles. The summed E-state index contributed by atoms with van der Waals surface area (Å²) in [6, 6.07) is 9.83. The van der Waals surface area contributed by atoms with Gasteiger partial charge >= 0.3 is 0 Å². The van der Waals surface area contributed by atoms with E-state index in [0.29, 0.717) is 0 Å².